The summed E-state index contributed by atoms with van der Waals surface area (Å²) in [5, 5.41) is 9.27. The molecule has 0 unspecified atom stereocenters. The van der Waals surface area contributed by atoms with Crippen molar-refractivity contribution in [3.8, 4) is 11.5 Å². The minimum atomic E-state index is -1.18. The first kappa shape index (κ1) is 10.9. The maximum Gasteiger partial charge on any atom is 0.341 e. The van der Waals surface area contributed by atoms with Crippen molar-refractivity contribution in [1.82, 2.24) is 0 Å². The second-order valence-corrected chi connectivity index (χ2v) is 3.68. The van der Waals surface area contributed by atoms with Crippen molar-refractivity contribution < 1.29 is 19.4 Å². The van der Waals surface area contributed by atoms with Crippen molar-refractivity contribution in [3.05, 3.63) is 16.1 Å². The maximum atomic E-state index is 11.1. The summed E-state index contributed by atoms with van der Waals surface area (Å²) in [7, 11) is 0. The number of aromatic carboxylic acids is 1. The quantitative estimate of drug-likeness (QED) is 0.776. The van der Waals surface area contributed by atoms with E-state index in [2.05, 4.69) is 0 Å². The summed E-state index contributed by atoms with van der Waals surface area (Å²) >= 11 is 6.00. The van der Waals surface area contributed by atoms with Gasteiger partial charge in [0, 0.05) is 5.56 Å². The normalized spacial score (nSPS) is 12.9. The van der Waals surface area contributed by atoms with E-state index in [1.54, 1.807) is 0 Å². The highest BCUT2D eigenvalue weighted by Gasteiger charge is 2.30. The van der Waals surface area contributed by atoms with E-state index in [9.17, 15) is 4.79 Å². The molecule has 0 amide bonds. The number of rotatable bonds is 2. The lowest BCUT2D eigenvalue weighted by Crippen LogP contribution is -2.06. The molecular formula is C10H10ClNO4. The third-order valence-electron chi connectivity index (χ3n) is 2.45. The highest BCUT2D eigenvalue weighted by molar-refractivity contribution is 6.35. The van der Waals surface area contributed by atoms with Crippen LogP contribution in [0, 0.1) is 0 Å². The molecule has 0 atom stereocenters. The van der Waals surface area contributed by atoms with E-state index in [0.29, 0.717) is 17.7 Å². The summed E-state index contributed by atoms with van der Waals surface area (Å²) in [4.78, 5) is 11.1. The zero-order chi connectivity index (χ0) is 11.9. The molecule has 16 heavy (non-hydrogen) atoms. The van der Waals surface area contributed by atoms with Gasteiger partial charge in [0.2, 0.25) is 6.79 Å². The molecule has 2 rings (SSSR count). The fraction of sp³-hybridized carbons (Fsp3) is 0.300. The third kappa shape index (κ3) is 1.36. The SMILES string of the molecule is CCc1c(Cl)c(N)c(C(=O)O)c2c1OCO2. The molecule has 0 saturated carbocycles. The summed E-state index contributed by atoms with van der Waals surface area (Å²) in [6.45, 7) is 1.87. The minimum absolute atomic E-state index is 0.0115. The van der Waals surface area contributed by atoms with Crippen LogP contribution in [0.2, 0.25) is 5.02 Å². The zero-order valence-corrected chi connectivity index (χ0v) is 9.30. The lowest BCUT2D eigenvalue weighted by Gasteiger charge is -2.12. The van der Waals surface area contributed by atoms with Gasteiger partial charge in [-0.05, 0) is 6.42 Å². The summed E-state index contributed by atoms with van der Waals surface area (Å²) in [5.74, 6) is -0.617. The van der Waals surface area contributed by atoms with Gasteiger partial charge in [0.05, 0.1) is 10.7 Å². The summed E-state index contributed by atoms with van der Waals surface area (Å²) < 4.78 is 10.3. The first-order valence-corrected chi connectivity index (χ1v) is 5.08. The molecule has 0 aliphatic carbocycles. The van der Waals surface area contributed by atoms with E-state index in [0.717, 1.165) is 0 Å². The van der Waals surface area contributed by atoms with Gasteiger partial charge in [0.25, 0.3) is 0 Å². The fourth-order valence-corrected chi connectivity index (χ4v) is 2.02. The Morgan fingerprint density at radius 3 is 2.69 bits per heavy atom. The van der Waals surface area contributed by atoms with Gasteiger partial charge in [-0.2, -0.15) is 0 Å². The van der Waals surface area contributed by atoms with Gasteiger partial charge in [-0.15, -0.1) is 0 Å². The number of carboxylic acid groups (broad SMARTS) is 1. The van der Waals surface area contributed by atoms with Gasteiger partial charge < -0.3 is 20.3 Å². The van der Waals surface area contributed by atoms with Crippen molar-refractivity contribution >= 4 is 23.3 Å². The smallest absolute Gasteiger partial charge is 0.341 e. The molecule has 1 aliphatic heterocycles. The van der Waals surface area contributed by atoms with Crippen molar-refractivity contribution in [2.75, 3.05) is 12.5 Å². The number of nitrogen functional groups attached to an aromatic ring is 1. The Bertz CT molecular complexity index is 473. The number of halogens is 1. The molecule has 0 radical (unpaired) electrons. The summed E-state index contributed by atoms with van der Waals surface area (Å²) in [6.07, 6.45) is 0.592. The molecule has 1 aliphatic rings. The second-order valence-electron chi connectivity index (χ2n) is 3.30. The molecule has 1 aromatic rings. The first-order valence-electron chi connectivity index (χ1n) is 4.70. The molecule has 5 nitrogen and oxygen atoms in total. The van der Waals surface area contributed by atoms with Crippen LogP contribution in [0.15, 0.2) is 0 Å². The van der Waals surface area contributed by atoms with Gasteiger partial charge in [-0.25, -0.2) is 4.79 Å². The number of carbonyl (C=O) groups is 1. The van der Waals surface area contributed by atoms with E-state index in [4.69, 9.17) is 31.9 Å². The van der Waals surface area contributed by atoms with Crippen LogP contribution >= 0.6 is 11.6 Å². The summed E-state index contributed by atoms with van der Waals surface area (Å²) in [5.41, 5.74) is 6.26. The number of carboxylic acids is 1. The molecule has 6 heteroatoms. The molecule has 0 aromatic heterocycles. The topological polar surface area (TPSA) is 81.8 Å². The Labute approximate surface area is 96.7 Å². The van der Waals surface area contributed by atoms with Gasteiger partial charge in [-0.1, -0.05) is 18.5 Å². The first-order chi connectivity index (χ1) is 7.57. The van der Waals surface area contributed by atoms with E-state index in [1.807, 2.05) is 6.92 Å². The molecule has 1 aromatic carbocycles. The van der Waals surface area contributed by atoms with Crippen LogP contribution in [0.3, 0.4) is 0 Å². The lowest BCUT2D eigenvalue weighted by molar-refractivity contribution is 0.0693. The zero-order valence-electron chi connectivity index (χ0n) is 8.54. The van der Waals surface area contributed by atoms with Crippen molar-refractivity contribution in [1.29, 1.82) is 0 Å². The maximum absolute atomic E-state index is 11.1. The van der Waals surface area contributed by atoms with Crippen LogP contribution in [-0.2, 0) is 6.42 Å². The van der Waals surface area contributed by atoms with Crippen molar-refractivity contribution in [2.45, 2.75) is 13.3 Å². The van der Waals surface area contributed by atoms with Gasteiger partial charge in [0.1, 0.15) is 5.56 Å². The number of fused-ring (bicyclic) bond motifs is 1. The fourth-order valence-electron chi connectivity index (χ4n) is 1.71. The number of benzene rings is 1. The molecule has 1 heterocycles. The Hall–Kier alpha value is -1.62. The average Bonchev–Trinajstić information content (AvgIpc) is 2.67. The molecule has 0 bridgehead atoms. The number of hydrogen-bond acceptors (Lipinski definition) is 4. The van der Waals surface area contributed by atoms with Crippen molar-refractivity contribution in [3.63, 3.8) is 0 Å². The van der Waals surface area contributed by atoms with Gasteiger partial charge >= 0.3 is 5.97 Å². The molecule has 3 N–H and O–H groups in total. The summed E-state index contributed by atoms with van der Waals surface area (Å²) in [6, 6.07) is 0. The monoisotopic (exact) mass is 243 g/mol. The molecular weight excluding hydrogens is 234 g/mol. The lowest BCUT2D eigenvalue weighted by atomic mass is 10.0. The number of ether oxygens (including phenoxy) is 2. The van der Waals surface area contributed by atoms with Crippen LogP contribution in [0.25, 0.3) is 0 Å². The number of hydrogen-bond donors (Lipinski definition) is 2. The van der Waals surface area contributed by atoms with E-state index in [1.165, 1.54) is 0 Å². The highest BCUT2D eigenvalue weighted by Crippen LogP contribution is 2.46. The predicted molar refractivity (Wildman–Crippen MR) is 58.3 cm³/mol. The number of nitrogens with two attached hydrogens (primary N) is 1. The largest absolute Gasteiger partial charge is 0.477 e. The van der Waals surface area contributed by atoms with Gasteiger partial charge in [0.15, 0.2) is 11.5 Å². The van der Waals surface area contributed by atoms with Crippen LogP contribution < -0.4 is 15.2 Å². The Balaban J connectivity index is 2.79. The van der Waals surface area contributed by atoms with Crippen LogP contribution in [0.5, 0.6) is 11.5 Å². The van der Waals surface area contributed by atoms with E-state index >= 15 is 0 Å². The molecule has 0 fully saturated rings. The Kier molecular flexibility index (Phi) is 2.55. The van der Waals surface area contributed by atoms with Crippen LogP contribution in [-0.4, -0.2) is 17.9 Å². The van der Waals surface area contributed by atoms with Crippen LogP contribution in [0.1, 0.15) is 22.8 Å². The predicted octanol–water partition coefficient (Wildman–Crippen LogP) is 1.91. The third-order valence-corrected chi connectivity index (χ3v) is 2.88. The number of anilines is 1. The minimum Gasteiger partial charge on any atom is -0.477 e. The van der Waals surface area contributed by atoms with E-state index in [-0.39, 0.29) is 28.8 Å². The van der Waals surface area contributed by atoms with E-state index < -0.39 is 5.97 Å². The average molecular weight is 244 g/mol. The van der Waals surface area contributed by atoms with Gasteiger partial charge in [-0.3, -0.25) is 0 Å². The molecule has 86 valence electrons. The highest BCUT2D eigenvalue weighted by atomic mass is 35.5. The van der Waals surface area contributed by atoms with Crippen molar-refractivity contribution in [2.24, 2.45) is 0 Å². The standard InChI is InChI=1S/C10H10ClNO4/c1-2-4-6(11)7(12)5(10(13)14)9-8(4)15-3-16-9/h2-3,12H2,1H3,(H,13,14). The Morgan fingerprint density at radius 1 is 1.50 bits per heavy atom. The van der Waals surface area contributed by atoms with Crippen LogP contribution in [0.4, 0.5) is 5.69 Å². The molecule has 0 spiro atoms. The Morgan fingerprint density at radius 2 is 2.12 bits per heavy atom. The molecule has 0 saturated heterocycles. The second kappa shape index (κ2) is 3.75.